The predicted molar refractivity (Wildman–Crippen MR) is 76.4 cm³/mol. The summed E-state index contributed by atoms with van der Waals surface area (Å²) in [4.78, 5) is 23.8. The van der Waals surface area contributed by atoms with Gasteiger partial charge in [0.2, 0.25) is 10.0 Å². The highest BCUT2D eigenvalue weighted by Crippen LogP contribution is 2.27. The molecule has 0 N–H and O–H groups in total. The van der Waals surface area contributed by atoms with E-state index in [4.69, 9.17) is 0 Å². The molecular weight excluding hydrogens is 327 g/mol. The molecule has 7 nitrogen and oxygen atoms in total. The summed E-state index contributed by atoms with van der Waals surface area (Å²) in [7, 11) is -3.69. The van der Waals surface area contributed by atoms with Crippen molar-refractivity contribution in [2.24, 2.45) is 5.92 Å². The molecule has 0 bridgehead atoms. The lowest BCUT2D eigenvalue weighted by Crippen LogP contribution is -2.54. The first-order valence-electron chi connectivity index (χ1n) is 7.02. The number of imide groups is 1. The van der Waals surface area contributed by atoms with Crippen LogP contribution in [0.25, 0.3) is 0 Å². The van der Waals surface area contributed by atoms with E-state index in [-0.39, 0.29) is 42.6 Å². The smallest absolute Gasteiger partial charge is 0.417 e. The standard InChI is InChI=1S/C14H15FN2O5S/c1-9-4-11(2-3-12(9)15)23(20,21)16-5-10(6-16)7-17-13(18)8-22-14(17)19/h2-4,10H,5-8H2,1H3. The fraction of sp³-hybridized carbons (Fsp3) is 0.429. The van der Waals surface area contributed by atoms with Crippen LogP contribution in [0.2, 0.25) is 0 Å². The van der Waals surface area contributed by atoms with Crippen molar-refractivity contribution in [1.82, 2.24) is 9.21 Å². The summed E-state index contributed by atoms with van der Waals surface area (Å²) in [5, 5.41) is 0. The number of carbonyl (C=O) groups excluding carboxylic acids is 2. The minimum absolute atomic E-state index is 0.0338. The molecule has 0 spiro atoms. The summed E-state index contributed by atoms with van der Waals surface area (Å²) in [5.74, 6) is -0.997. The summed E-state index contributed by atoms with van der Waals surface area (Å²) in [6.45, 7) is 1.79. The third-order valence-corrected chi connectivity index (χ3v) is 5.80. The molecule has 0 saturated carbocycles. The Morgan fingerprint density at radius 2 is 2.00 bits per heavy atom. The van der Waals surface area contributed by atoms with Gasteiger partial charge in [0.1, 0.15) is 5.82 Å². The highest BCUT2D eigenvalue weighted by molar-refractivity contribution is 7.89. The summed E-state index contributed by atoms with van der Waals surface area (Å²) in [5.41, 5.74) is 0.258. The van der Waals surface area contributed by atoms with Gasteiger partial charge in [-0.2, -0.15) is 4.31 Å². The zero-order chi connectivity index (χ0) is 16.8. The van der Waals surface area contributed by atoms with E-state index < -0.39 is 27.8 Å². The molecule has 3 rings (SSSR count). The van der Waals surface area contributed by atoms with Crippen molar-refractivity contribution < 1.29 is 27.1 Å². The molecule has 2 fully saturated rings. The van der Waals surface area contributed by atoms with Crippen molar-refractivity contribution in [3.63, 3.8) is 0 Å². The van der Waals surface area contributed by atoms with E-state index in [9.17, 15) is 22.4 Å². The van der Waals surface area contributed by atoms with Gasteiger partial charge in [-0.25, -0.2) is 22.5 Å². The first-order valence-corrected chi connectivity index (χ1v) is 8.46. The minimum atomic E-state index is -3.69. The lowest BCUT2D eigenvalue weighted by Gasteiger charge is -2.39. The van der Waals surface area contributed by atoms with E-state index in [1.165, 1.54) is 23.4 Å². The lowest BCUT2D eigenvalue weighted by atomic mass is 10.0. The molecule has 9 heteroatoms. The van der Waals surface area contributed by atoms with E-state index in [2.05, 4.69) is 4.74 Å². The fourth-order valence-corrected chi connectivity index (χ4v) is 4.25. The lowest BCUT2D eigenvalue weighted by molar-refractivity contribution is -0.126. The van der Waals surface area contributed by atoms with Crippen LogP contribution in [0.3, 0.4) is 0 Å². The number of hydrogen-bond acceptors (Lipinski definition) is 5. The molecule has 124 valence electrons. The first kappa shape index (κ1) is 15.9. The number of nitrogens with zero attached hydrogens (tertiary/aromatic N) is 2. The number of benzene rings is 1. The van der Waals surface area contributed by atoms with Gasteiger partial charge < -0.3 is 4.74 Å². The molecular formula is C14H15FN2O5S. The molecule has 2 aliphatic rings. The van der Waals surface area contributed by atoms with Crippen molar-refractivity contribution >= 4 is 22.0 Å². The Hall–Kier alpha value is -2.00. The van der Waals surface area contributed by atoms with Crippen molar-refractivity contribution in [3.05, 3.63) is 29.6 Å². The van der Waals surface area contributed by atoms with Crippen LogP contribution in [-0.2, 0) is 19.6 Å². The predicted octanol–water partition coefficient (Wildman–Crippen LogP) is 0.733. The van der Waals surface area contributed by atoms with Crippen LogP contribution in [0.5, 0.6) is 0 Å². The first-order chi connectivity index (χ1) is 10.8. The fourth-order valence-electron chi connectivity index (χ4n) is 2.58. The number of amides is 2. The van der Waals surface area contributed by atoms with Gasteiger partial charge in [0.05, 0.1) is 4.90 Å². The number of carbonyl (C=O) groups is 2. The number of cyclic esters (lactones) is 1. The van der Waals surface area contributed by atoms with Crippen molar-refractivity contribution in [2.75, 3.05) is 26.2 Å². The van der Waals surface area contributed by atoms with Gasteiger partial charge in [-0.15, -0.1) is 0 Å². The number of aryl methyl sites for hydroxylation is 1. The molecule has 0 aromatic heterocycles. The topological polar surface area (TPSA) is 84.0 Å². The Balaban J connectivity index is 1.65. The van der Waals surface area contributed by atoms with E-state index >= 15 is 0 Å². The van der Waals surface area contributed by atoms with Gasteiger partial charge in [-0.3, -0.25) is 4.79 Å². The molecule has 2 saturated heterocycles. The number of halogens is 1. The Kier molecular flexibility index (Phi) is 3.85. The summed E-state index contributed by atoms with van der Waals surface area (Å²) < 4.78 is 43.9. The number of hydrogen-bond donors (Lipinski definition) is 0. The maximum absolute atomic E-state index is 13.3. The molecule has 0 atom stereocenters. The molecule has 1 aromatic carbocycles. The second-order valence-electron chi connectivity index (χ2n) is 5.66. The molecule has 2 amide bonds. The van der Waals surface area contributed by atoms with Gasteiger partial charge in [0.15, 0.2) is 6.61 Å². The van der Waals surface area contributed by atoms with Crippen molar-refractivity contribution in [2.45, 2.75) is 11.8 Å². The molecule has 23 heavy (non-hydrogen) atoms. The van der Waals surface area contributed by atoms with Crippen molar-refractivity contribution in [3.8, 4) is 0 Å². The minimum Gasteiger partial charge on any atom is -0.439 e. The normalized spacial score (nSPS) is 19.8. The molecule has 1 aromatic rings. The Morgan fingerprint density at radius 3 is 2.57 bits per heavy atom. The van der Waals surface area contributed by atoms with E-state index in [0.717, 1.165) is 11.0 Å². The highest BCUT2D eigenvalue weighted by Gasteiger charge is 2.41. The number of rotatable bonds is 4. The van der Waals surface area contributed by atoms with E-state index in [0.29, 0.717) is 0 Å². The van der Waals surface area contributed by atoms with Crippen LogP contribution in [0.15, 0.2) is 23.1 Å². The molecule has 0 radical (unpaired) electrons. The average molecular weight is 342 g/mol. The SMILES string of the molecule is Cc1cc(S(=O)(=O)N2CC(CN3C(=O)COC3=O)C2)ccc1F. The summed E-state index contributed by atoms with van der Waals surface area (Å²) in [6, 6.07) is 3.64. The third kappa shape index (κ3) is 2.81. The molecule has 2 heterocycles. The quantitative estimate of drug-likeness (QED) is 0.806. The Morgan fingerprint density at radius 1 is 1.30 bits per heavy atom. The molecule has 0 unspecified atom stereocenters. The van der Waals surface area contributed by atoms with Crippen LogP contribution in [-0.4, -0.2) is 55.9 Å². The molecule has 2 aliphatic heterocycles. The third-order valence-electron chi connectivity index (χ3n) is 3.97. The largest absolute Gasteiger partial charge is 0.439 e. The van der Waals surface area contributed by atoms with Gasteiger partial charge in [0.25, 0.3) is 5.91 Å². The second-order valence-corrected chi connectivity index (χ2v) is 7.60. The van der Waals surface area contributed by atoms with Crippen LogP contribution in [0.1, 0.15) is 5.56 Å². The summed E-state index contributed by atoms with van der Waals surface area (Å²) in [6.07, 6.45) is -0.689. The van der Waals surface area contributed by atoms with Crippen molar-refractivity contribution in [1.29, 1.82) is 0 Å². The summed E-state index contributed by atoms with van der Waals surface area (Å²) >= 11 is 0. The van der Waals surface area contributed by atoms with E-state index in [1.807, 2.05) is 0 Å². The maximum atomic E-state index is 13.3. The van der Waals surface area contributed by atoms with Crippen LogP contribution in [0.4, 0.5) is 9.18 Å². The van der Waals surface area contributed by atoms with Crippen LogP contribution in [0, 0.1) is 18.7 Å². The van der Waals surface area contributed by atoms with E-state index in [1.54, 1.807) is 0 Å². The maximum Gasteiger partial charge on any atom is 0.417 e. The van der Waals surface area contributed by atoms with Gasteiger partial charge in [0, 0.05) is 25.6 Å². The highest BCUT2D eigenvalue weighted by atomic mass is 32.2. The van der Waals surface area contributed by atoms with Crippen LogP contribution >= 0.6 is 0 Å². The molecule has 0 aliphatic carbocycles. The Bertz CT molecular complexity index is 757. The zero-order valence-electron chi connectivity index (χ0n) is 12.4. The van der Waals surface area contributed by atoms with Crippen LogP contribution < -0.4 is 0 Å². The monoisotopic (exact) mass is 342 g/mol. The number of ether oxygens (including phenoxy) is 1. The van der Waals surface area contributed by atoms with Gasteiger partial charge in [-0.1, -0.05) is 0 Å². The van der Waals surface area contributed by atoms with Gasteiger partial charge in [-0.05, 0) is 30.7 Å². The van der Waals surface area contributed by atoms with Gasteiger partial charge >= 0.3 is 6.09 Å². The number of sulfonamides is 1. The average Bonchev–Trinajstić information content (AvgIpc) is 2.76. The Labute approximate surface area is 132 Å². The zero-order valence-corrected chi connectivity index (χ0v) is 13.2. The second kappa shape index (κ2) is 5.57.